The molecule has 0 bridgehead atoms. The number of hydrogen-bond donors (Lipinski definition) is 0. The lowest BCUT2D eigenvalue weighted by Crippen LogP contribution is -1.96. The Balaban J connectivity index is 1.87. The monoisotopic (exact) mass is 249 g/mol. The Hall–Kier alpha value is -2.42. The number of imidazole rings is 1. The zero-order chi connectivity index (χ0) is 13.1. The zero-order valence-electron chi connectivity index (χ0n) is 10.8. The van der Waals surface area contributed by atoms with Crippen molar-refractivity contribution >= 4 is 17.2 Å². The van der Waals surface area contributed by atoms with Gasteiger partial charge in [-0.2, -0.15) is 5.10 Å². The smallest absolute Gasteiger partial charge is 0.118 e. The number of benzene rings is 2. The lowest BCUT2D eigenvalue weighted by molar-refractivity contribution is 0.893. The maximum Gasteiger partial charge on any atom is 0.118 e. The van der Waals surface area contributed by atoms with Crippen LogP contribution in [0, 0.1) is 0 Å². The van der Waals surface area contributed by atoms with E-state index in [0.29, 0.717) is 0 Å². The van der Waals surface area contributed by atoms with E-state index in [1.165, 1.54) is 5.56 Å². The second-order valence-corrected chi connectivity index (χ2v) is 4.54. The fourth-order valence-corrected chi connectivity index (χ4v) is 2.05. The summed E-state index contributed by atoms with van der Waals surface area (Å²) in [7, 11) is 0. The summed E-state index contributed by atoms with van der Waals surface area (Å²) in [5, 5.41) is 4.50. The summed E-state index contributed by atoms with van der Waals surface area (Å²) in [6, 6.07) is 18.3. The fraction of sp³-hybridized carbons (Fsp3) is 0.125. The molecule has 0 saturated heterocycles. The minimum Gasteiger partial charge on any atom is -0.235 e. The average molecular weight is 249 g/mol. The molecular formula is C16H15N3. The summed E-state index contributed by atoms with van der Waals surface area (Å²) in [5.74, 6) is 0.280. The Kier molecular flexibility index (Phi) is 3.11. The molecule has 19 heavy (non-hydrogen) atoms. The van der Waals surface area contributed by atoms with Gasteiger partial charge in [-0.1, -0.05) is 49.4 Å². The second-order valence-electron chi connectivity index (χ2n) is 4.54. The minimum atomic E-state index is 0.280. The Morgan fingerprint density at radius 1 is 1.05 bits per heavy atom. The van der Waals surface area contributed by atoms with E-state index in [2.05, 4.69) is 29.1 Å². The van der Waals surface area contributed by atoms with Gasteiger partial charge < -0.3 is 0 Å². The van der Waals surface area contributed by atoms with Crippen molar-refractivity contribution in [3.63, 3.8) is 0 Å². The average Bonchev–Trinajstić information content (AvgIpc) is 2.89. The van der Waals surface area contributed by atoms with Gasteiger partial charge in [0.1, 0.15) is 6.33 Å². The topological polar surface area (TPSA) is 30.2 Å². The van der Waals surface area contributed by atoms with E-state index in [0.717, 1.165) is 11.0 Å². The Morgan fingerprint density at radius 3 is 2.63 bits per heavy atom. The molecule has 1 heterocycles. The molecule has 0 fully saturated rings. The molecule has 3 heteroatoms. The predicted molar refractivity (Wildman–Crippen MR) is 78.5 cm³/mol. The van der Waals surface area contributed by atoms with E-state index in [1.54, 1.807) is 6.33 Å². The van der Waals surface area contributed by atoms with Gasteiger partial charge >= 0.3 is 0 Å². The maximum absolute atomic E-state index is 4.50. The van der Waals surface area contributed by atoms with E-state index < -0.39 is 0 Å². The predicted octanol–water partition coefficient (Wildman–Crippen LogP) is 3.67. The quantitative estimate of drug-likeness (QED) is 0.651. The van der Waals surface area contributed by atoms with Gasteiger partial charge in [0.05, 0.1) is 11.0 Å². The van der Waals surface area contributed by atoms with Gasteiger partial charge in [0.2, 0.25) is 0 Å². The van der Waals surface area contributed by atoms with Crippen molar-refractivity contribution in [2.24, 2.45) is 5.10 Å². The summed E-state index contributed by atoms with van der Waals surface area (Å²) >= 11 is 0. The highest BCUT2D eigenvalue weighted by atomic mass is 15.4. The van der Waals surface area contributed by atoms with Crippen LogP contribution in [0.2, 0.25) is 0 Å². The van der Waals surface area contributed by atoms with Crippen LogP contribution >= 0.6 is 0 Å². The maximum atomic E-state index is 4.50. The highest BCUT2D eigenvalue weighted by molar-refractivity contribution is 5.76. The molecule has 0 radical (unpaired) electrons. The van der Waals surface area contributed by atoms with Crippen LogP contribution in [-0.2, 0) is 0 Å². The van der Waals surface area contributed by atoms with Crippen LogP contribution in [0.25, 0.3) is 11.0 Å². The highest BCUT2D eigenvalue weighted by Gasteiger charge is 2.02. The summed E-state index contributed by atoms with van der Waals surface area (Å²) < 4.78 is 1.81. The van der Waals surface area contributed by atoms with Crippen LogP contribution < -0.4 is 0 Å². The largest absolute Gasteiger partial charge is 0.235 e. The second kappa shape index (κ2) is 5.06. The molecular weight excluding hydrogens is 234 g/mol. The molecule has 1 atom stereocenters. The van der Waals surface area contributed by atoms with Crippen LogP contribution in [-0.4, -0.2) is 15.9 Å². The normalized spacial score (nSPS) is 13.1. The van der Waals surface area contributed by atoms with Gasteiger partial charge in [-0.25, -0.2) is 9.66 Å². The molecule has 0 spiro atoms. The number of nitrogens with zero attached hydrogens (tertiary/aromatic N) is 3. The van der Waals surface area contributed by atoms with Crippen molar-refractivity contribution < 1.29 is 0 Å². The van der Waals surface area contributed by atoms with Crippen molar-refractivity contribution in [3.8, 4) is 0 Å². The molecule has 0 N–H and O–H groups in total. The van der Waals surface area contributed by atoms with Crippen LogP contribution in [0.5, 0.6) is 0 Å². The molecule has 3 rings (SSSR count). The van der Waals surface area contributed by atoms with Crippen molar-refractivity contribution in [2.45, 2.75) is 12.8 Å². The summed E-state index contributed by atoms with van der Waals surface area (Å²) in [6.07, 6.45) is 3.70. The van der Waals surface area contributed by atoms with Crippen molar-refractivity contribution in [1.29, 1.82) is 0 Å². The minimum absolute atomic E-state index is 0.280. The van der Waals surface area contributed by atoms with Crippen LogP contribution in [0.4, 0.5) is 0 Å². The van der Waals surface area contributed by atoms with E-state index in [4.69, 9.17) is 0 Å². The Bertz CT molecular complexity index is 698. The lowest BCUT2D eigenvalue weighted by atomic mass is 10.0. The third-order valence-electron chi connectivity index (χ3n) is 3.17. The van der Waals surface area contributed by atoms with E-state index in [1.807, 2.05) is 53.4 Å². The highest BCUT2D eigenvalue weighted by Crippen LogP contribution is 2.14. The van der Waals surface area contributed by atoms with Gasteiger partial charge in [0.25, 0.3) is 0 Å². The third-order valence-corrected chi connectivity index (χ3v) is 3.17. The first-order valence-corrected chi connectivity index (χ1v) is 6.36. The first-order chi connectivity index (χ1) is 9.34. The number of para-hydroxylation sites is 2. The number of aromatic nitrogens is 2. The Morgan fingerprint density at radius 2 is 1.79 bits per heavy atom. The molecule has 3 aromatic rings. The van der Waals surface area contributed by atoms with E-state index in [9.17, 15) is 0 Å². The molecule has 0 aliphatic heterocycles. The van der Waals surface area contributed by atoms with Gasteiger partial charge in [-0.05, 0) is 17.7 Å². The lowest BCUT2D eigenvalue weighted by Gasteiger charge is -2.05. The third kappa shape index (κ3) is 2.40. The molecule has 3 nitrogen and oxygen atoms in total. The van der Waals surface area contributed by atoms with E-state index in [-0.39, 0.29) is 5.92 Å². The van der Waals surface area contributed by atoms with Gasteiger partial charge in [0.15, 0.2) is 0 Å². The first kappa shape index (κ1) is 11.7. The van der Waals surface area contributed by atoms with Crippen molar-refractivity contribution in [1.82, 2.24) is 9.66 Å². The number of fused-ring (bicyclic) bond motifs is 1. The van der Waals surface area contributed by atoms with Crippen molar-refractivity contribution in [2.75, 3.05) is 0 Å². The van der Waals surface area contributed by atoms with Gasteiger partial charge in [-0.3, -0.25) is 0 Å². The van der Waals surface area contributed by atoms with Gasteiger partial charge in [0, 0.05) is 12.1 Å². The van der Waals surface area contributed by atoms with Crippen LogP contribution in [0.1, 0.15) is 18.4 Å². The molecule has 0 aliphatic carbocycles. The summed E-state index contributed by atoms with van der Waals surface area (Å²) in [4.78, 5) is 4.32. The number of hydrogen-bond acceptors (Lipinski definition) is 2. The molecule has 94 valence electrons. The van der Waals surface area contributed by atoms with Crippen molar-refractivity contribution in [3.05, 3.63) is 66.5 Å². The fourth-order valence-electron chi connectivity index (χ4n) is 2.05. The summed E-state index contributed by atoms with van der Waals surface area (Å²) in [6.45, 7) is 2.14. The van der Waals surface area contributed by atoms with Gasteiger partial charge in [-0.15, -0.1) is 0 Å². The zero-order valence-corrected chi connectivity index (χ0v) is 10.8. The standard InChI is InChI=1S/C16H15N3/c1-13(14-7-3-2-4-8-14)11-18-19-12-17-15-9-5-6-10-16(15)19/h2-13H,1H3/b18-11-/t13-/m1/s1. The molecule has 1 aromatic heterocycles. The SMILES string of the molecule is C[C@H](/C=N\n1cnc2ccccc21)c1ccccc1. The first-order valence-electron chi connectivity index (χ1n) is 6.36. The molecule has 0 amide bonds. The molecule has 0 unspecified atom stereocenters. The van der Waals surface area contributed by atoms with E-state index >= 15 is 0 Å². The molecule has 2 aromatic carbocycles. The summed E-state index contributed by atoms with van der Waals surface area (Å²) in [5.41, 5.74) is 3.25. The molecule has 0 aliphatic rings. The van der Waals surface area contributed by atoms with Crippen LogP contribution in [0.3, 0.4) is 0 Å². The molecule has 0 saturated carbocycles. The Labute approximate surface area is 112 Å². The number of rotatable bonds is 3. The van der Waals surface area contributed by atoms with Crippen LogP contribution in [0.15, 0.2) is 66.0 Å².